The molecule has 3 aliphatic rings. The molecule has 8 rings (SSSR count). The number of nitrogens with zero attached hydrogens (tertiary/aromatic N) is 1. The van der Waals surface area contributed by atoms with Gasteiger partial charge in [0.1, 0.15) is 54.5 Å². The van der Waals surface area contributed by atoms with Gasteiger partial charge in [-0.2, -0.15) is 0 Å². The summed E-state index contributed by atoms with van der Waals surface area (Å²) in [5.74, 6) is -1.22. The van der Waals surface area contributed by atoms with Gasteiger partial charge >= 0.3 is 5.97 Å². The molecule has 0 radical (unpaired) electrons. The Bertz CT molecular complexity index is 2680. The van der Waals surface area contributed by atoms with Gasteiger partial charge in [0.05, 0.1) is 73.3 Å². The maximum atomic E-state index is 13.4. The van der Waals surface area contributed by atoms with E-state index < -0.39 is 29.7 Å². The minimum atomic E-state index is -1.06. The Morgan fingerprint density at radius 3 is 2.17 bits per heavy atom. The minimum Gasteiger partial charge on any atom is -0.493 e. The van der Waals surface area contributed by atoms with Gasteiger partial charge in [0, 0.05) is 35.2 Å². The van der Waals surface area contributed by atoms with Gasteiger partial charge in [-0.15, -0.1) is 0 Å². The summed E-state index contributed by atoms with van der Waals surface area (Å²) in [6.45, 7) is 4.51. The standard InChI is InChI=1S/C46H41ClN2O14/c1-2-59-38-24-40-33(22-32(38)26-6-8-29-27(20-26)25-62-46(29)55)36(50)23-39(63-40)30-9-7-28(21-34(30)47)60-18-16-57-14-12-56-13-15-58-17-19-61-37-5-3-4-31-42(37)45(54)49(44(31)53)35-10-11-41(51)48-43(35)52/h3-9,20-24,35H,2,10-19,25H2,1H3,(H,48,51,52). The van der Waals surface area contributed by atoms with E-state index >= 15 is 0 Å². The van der Waals surface area contributed by atoms with Crippen LogP contribution in [0.3, 0.4) is 0 Å². The van der Waals surface area contributed by atoms with Gasteiger partial charge in [-0.1, -0.05) is 23.7 Å². The first-order valence-corrected chi connectivity index (χ1v) is 20.7. The molecule has 4 amide bonds. The number of halogens is 1. The number of ether oxygens (including phenoxy) is 7. The van der Waals surface area contributed by atoms with E-state index in [1.807, 2.05) is 13.0 Å². The van der Waals surface area contributed by atoms with Gasteiger partial charge < -0.3 is 37.6 Å². The van der Waals surface area contributed by atoms with Crippen LogP contribution < -0.4 is 25.0 Å². The van der Waals surface area contributed by atoms with Gasteiger partial charge in [-0.05, 0) is 67.4 Å². The number of carbonyl (C=O) groups excluding carboxylic acids is 5. The van der Waals surface area contributed by atoms with Crippen LogP contribution in [0.4, 0.5) is 0 Å². The van der Waals surface area contributed by atoms with Crippen molar-refractivity contribution in [3.05, 3.63) is 110 Å². The number of hydrogen-bond acceptors (Lipinski definition) is 14. The molecule has 326 valence electrons. The summed E-state index contributed by atoms with van der Waals surface area (Å²) in [7, 11) is 0. The van der Waals surface area contributed by atoms with Crippen molar-refractivity contribution in [3.8, 4) is 39.7 Å². The van der Waals surface area contributed by atoms with Crippen LogP contribution in [-0.2, 0) is 35.1 Å². The molecule has 1 unspecified atom stereocenters. The molecule has 0 saturated carbocycles. The van der Waals surface area contributed by atoms with Crippen molar-refractivity contribution in [2.24, 2.45) is 0 Å². The fourth-order valence-corrected chi connectivity index (χ4v) is 7.74. The molecule has 3 aliphatic heterocycles. The van der Waals surface area contributed by atoms with Gasteiger partial charge in [-0.25, -0.2) is 4.79 Å². The van der Waals surface area contributed by atoms with E-state index in [9.17, 15) is 28.8 Å². The van der Waals surface area contributed by atoms with Crippen LogP contribution in [0.2, 0.25) is 5.02 Å². The minimum absolute atomic E-state index is 0.0333. The average Bonchev–Trinajstić information content (AvgIpc) is 3.77. The van der Waals surface area contributed by atoms with Gasteiger partial charge in [0.15, 0.2) is 5.43 Å². The highest BCUT2D eigenvalue weighted by atomic mass is 35.5. The van der Waals surface area contributed by atoms with Gasteiger partial charge in [-0.3, -0.25) is 34.2 Å². The van der Waals surface area contributed by atoms with Gasteiger partial charge in [0.25, 0.3) is 11.8 Å². The zero-order valence-corrected chi connectivity index (χ0v) is 34.8. The molecule has 1 N–H and O–H groups in total. The van der Waals surface area contributed by atoms with E-state index in [2.05, 4.69) is 5.32 Å². The van der Waals surface area contributed by atoms with Crippen molar-refractivity contribution in [1.82, 2.24) is 10.2 Å². The van der Waals surface area contributed by atoms with Crippen LogP contribution in [0.1, 0.15) is 56.4 Å². The van der Waals surface area contributed by atoms with Crippen LogP contribution in [0.5, 0.6) is 17.2 Å². The van der Waals surface area contributed by atoms with E-state index in [0.29, 0.717) is 77.2 Å². The SMILES string of the molecule is CCOc1cc2oc(-c3ccc(OCCOCCOCCOCCOc4cccc5c4C(=O)N(C4CCC(=O)NC4=O)C5=O)cc3Cl)cc(=O)c2cc1-c1ccc2c(c1)COC2=O. The van der Waals surface area contributed by atoms with Crippen molar-refractivity contribution in [1.29, 1.82) is 0 Å². The Morgan fingerprint density at radius 2 is 1.44 bits per heavy atom. The Hall–Kier alpha value is -6.59. The summed E-state index contributed by atoms with van der Waals surface area (Å²) >= 11 is 6.65. The second-order valence-corrected chi connectivity index (χ2v) is 14.9. The van der Waals surface area contributed by atoms with Crippen LogP contribution in [0.25, 0.3) is 33.4 Å². The molecule has 1 atom stereocenters. The summed E-state index contributed by atoms with van der Waals surface area (Å²) in [5, 5.41) is 2.86. The molecular formula is C46H41ClN2O14. The van der Waals surface area contributed by atoms with E-state index in [4.69, 9.17) is 49.2 Å². The lowest BCUT2D eigenvalue weighted by atomic mass is 9.98. The van der Waals surface area contributed by atoms with Crippen LogP contribution in [-0.4, -0.2) is 100 Å². The molecular weight excluding hydrogens is 840 g/mol. The fraction of sp³-hybridized carbons (Fsp3) is 0.304. The molecule has 4 aromatic carbocycles. The van der Waals surface area contributed by atoms with Crippen molar-refractivity contribution < 1.29 is 61.5 Å². The summed E-state index contributed by atoms with van der Waals surface area (Å²) < 4.78 is 45.6. The smallest absolute Gasteiger partial charge is 0.338 e. The second-order valence-electron chi connectivity index (χ2n) is 14.5. The third kappa shape index (κ3) is 9.29. The van der Waals surface area contributed by atoms with Crippen molar-refractivity contribution in [3.63, 3.8) is 0 Å². The number of amides is 4. The molecule has 0 bridgehead atoms. The summed E-state index contributed by atoms with van der Waals surface area (Å²) in [4.78, 5) is 76.4. The Balaban J connectivity index is 0.740. The maximum absolute atomic E-state index is 13.4. The normalized spacial score (nSPS) is 15.7. The topological polar surface area (TPSA) is 195 Å². The summed E-state index contributed by atoms with van der Waals surface area (Å²) in [6, 6.07) is 18.9. The number of piperidine rings is 1. The third-order valence-corrected chi connectivity index (χ3v) is 10.8. The summed E-state index contributed by atoms with van der Waals surface area (Å²) in [6.07, 6.45) is 0.0983. The second kappa shape index (κ2) is 19.2. The first kappa shape index (κ1) is 43.1. The third-order valence-electron chi connectivity index (χ3n) is 10.5. The number of benzene rings is 4. The first-order valence-electron chi connectivity index (χ1n) is 20.3. The molecule has 0 spiro atoms. The number of esters is 1. The quantitative estimate of drug-likeness (QED) is 0.0598. The van der Waals surface area contributed by atoms with Crippen LogP contribution in [0.15, 0.2) is 82.0 Å². The molecule has 17 heteroatoms. The zero-order chi connectivity index (χ0) is 44.0. The van der Waals surface area contributed by atoms with E-state index in [-0.39, 0.29) is 79.9 Å². The van der Waals surface area contributed by atoms with E-state index in [0.717, 1.165) is 16.0 Å². The lowest BCUT2D eigenvalue weighted by molar-refractivity contribution is -0.136. The zero-order valence-electron chi connectivity index (χ0n) is 34.0. The Labute approximate surface area is 364 Å². The Morgan fingerprint density at radius 1 is 0.714 bits per heavy atom. The number of carbonyl (C=O) groups is 5. The average molecular weight is 881 g/mol. The molecule has 4 heterocycles. The van der Waals surface area contributed by atoms with Crippen molar-refractivity contribution in [2.45, 2.75) is 32.4 Å². The first-order chi connectivity index (χ1) is 30.6. The predicted octanol–water partition coefficient (Wildman–Crippen LogP) is 5.76. The van der Waals surface area contributed by atoms with Crippen molar-refractivity contribution >= 4 is 52.2 Å². The van der Waals surface area contributed by atoms with Crippen LogP contribution >= 0.6 is 11.6 Å². The van der Waals surface area contributed by atoms with Crippen LogP contribution in [0, 0.1) is 0 Å². The number of fused-ring (bicyclic) bond motifs is 3. The number of imide groups is 2. The van der Waals surface area contributed by atoms with Gasteiger partial charge in [0.2, 0.25) is 11.8 Å². The Kier molecular flexibility index (Phi) is 13.1. The van der Waals surface area contributed by atoms with Crippen molar-refractivity contribution in [2.75, 3.05) is 59.5 Å². The van der Waals surface area contributed by atoms with E-state index in [1.165, 1.54) is 12.1 Å². The highest BCUT2D eigenvalue weighted by Crippen LogP contribution is 2.38. The highest BCUT2D eigenvalue weighted by Gasteiger charge is 2.46. The molecule has 1 saturated heterocycles. The number of cyclic esters (lactones) is 1. The molecule has 1 fully saturated rings. The number of rotatable bonds is 19. The molecule has 5 aromatic rings. The molecule has 16 nitrogen and oxygen atoms in total. The summed E-state index contributed by atoms with van der Waals surface area (Å²) in [5.41, 5.74) is 3.54. The predicted molar refractivity (Wildman–Crippen MR) is 225 cm³/mol. The highest BCUT2D eigenvalue weighted by molar-refractivity contribution is 6.33. The fourth-order valence-electron chi connectivity index (χ4n) is 7.48. The number of hydrogen-bond donors (Lipinski definition) is 1. The largest absolute Gasteiger partial charge is 0.493 e. The van der Waals surface area contributed by atoms with E-state index in [1.54, 1.807) is 54.6 Å². The monoisotopic (exact) mass is 880 g/mol. The molecule has 63 heavy (non-hydrogen) atoms. The maximum Gasteiger partial charge on any atom is 0.338 e. The lowest BCUT2D eigenvalue weighted by Crippen LogP contribution is -2.54. The molecule has 0 aliphatic carbocycles. The lowest BCUT2D eigenvalue weighted by Gasteiger charge is -2.27. The molecule has 1 aromatic heterocycles. The number of nitrogens with one attached hydrogen (secondary N) is 1.